The van der Waals surface area contributed by atoms with E-state index in [4.69, 9.17) is 0 Å². The highest BCUT2D eigenvalue weighted by Gasteiger charge is 2.48. The normalized spacial score (nSPS) is 34.9. The van der Waals surface area contributed by atoms with Crippen LogP contribution in [-0.2, 0) is 14.3 Å². The Labute approximate surface area is 113 Å². The number of halogens is 2. The van der Waals surface area contributed by atoms with E-state index in [1.807, 2.05) is 6.92 Å². The molecule has 0 spiro atoms. The second-order valence-corrected chi connectivity index (χ2v) is 7.69. The van der Waals surface area contributed by atoms with Gasteiger partial charge in [-0.25, -0.2) is 0 Å². The summed E-state index contributed by atoms with van der Waals surface area (Å²) in [6.07, 6.45) is 3.37. The van der Waals surface area contributed by atoms with Crippen molar-refractivity contribution in [2.75, 3.05) is 7.11 Å². The number of ether oxygens (including phenoxy) is 1. The molecule has 0 radical (unpaired) electrons. The van der Waals surface area contributed by atoms with Gasteiger partial charge in [0, 0.05) is 6.42 Å². The number of carbonyl (C=O) groups excluding carboxylic acids is 2. The fourth-order valence-electron chi connectivity index (χ4n) is 2.04. The lowest BCUT2D eigenvalue weighted by atomic mass is 9.78. The molecule has 1 aliphatic carbocycles. The van der Waals surface area contributed by atoms with E-state index in [9.17, 15) is 9.59 Å². The summed E-state index contributed by atoms with van der Waals surface area (Å²) in [6, 6.07) is 0. The summed E-state index contributed by atoms with van der Waals surface area (Å²) in [5, 5.41) is 0. The minimum atomic E-state index is -0.572. The molecule has 2 atom stereocenters. The molecule has 0 aromatic heterocycles. The maximum atomic E-state index is 12.2. The number of hydrogen-bond acceptors (Lipinski definition) is 3. The van der Waals surface area contributed by atoms with Gasteiger partial charge in [-0.3, -0.25) is 9.59 Å². The summed E-state index contributed by atoms with van der Waals surface area (Å²) in [5.74, 6) is -0.136. The number of alkyl halides is 2. The molecule has 5 heteroatoms. The molecule has 16 heavy (non-hydrogen) atoms. The van der Waals surface area contributed by atoms with Gasteiger partial charge in [-0.1, -0.05) is 31.9 Å². The number of carbonyl (C=O) groups is 2. The van der Waals surface area contributed by atoms with Crippen molar-refractivity contribution in [2.24, 2.45) is 0 Å². The predicted octanol–water partition coefficient (Wildman–Crippen LogP) is 2.98. The van der Waals surface area contributed by atoms with Crippen molar-refractivity contribution in [2.45, 2.75) is 47.7 Å². The van der Waals surface area contributed by atoms with Crippen LogP contribution >= 0.6 is 31.9 Å². The van der Waals surface area contributed by atoms with Crippen molar-refractivity contribution < 1.29 is 14.3 Å². The van der Waals surface area contributed by atoms with E-state index in [2.05, 4.69) is 36.6 Å². The van der Waals surface area contributed by atoms with E-state index in [1.54, 1.807) is 0 Å². The number of ketones is 1. The predicted molar refractivity (Wildman–Crippen MR) is 69.1 cm³/mol. The van der Waals surface area contributed by atoms with Crippen LogP contribution in [0.1, 0.15) is 39.0 Å². The van der Waals surface area contributed by atoms with E-state index >= 15 is 0 Å². The number of Topliss-reactive ketones (excluding diaryl/α,β-unsaturated/α-hetero) is 1. The van der Waals surface area contributed by atoms with Crippen LogP contribution in [0.4, 0.5) is 0 Å². The molecule has 0 bridgehead atoms. The Morgan fingerprint density at radius 1 is 1.44 bits per heavy atom. The third-order valence-corrected chi connectivity index (χ3v) is 4.96. The van der Waals surface area contributed by atoms with Gasteiger partial charge < -0.3 is 4.74 Å². The molecule has 1 saturated carbocycles. The standard InChI is InChI=1S/C11H16Br2O3/c1-10(12)5-3-6-11(13,9(10)15)7-4-8(14)16-2/h3-7H2,1-2H3. The fourth-order valence-corrected chi connectivity index (χ4v) is 3.88. The van der Waals surface area contributed by atoms with Crippen LogP contribution in [0.3, 0.4) is 0 Å². The Morgan fingerprint density at radius 2 is 2.06 bits per heavy atom. The monoisotopic (exact) mass is 354 g/mol. The van der Waals surface area contributed by atoms with E-state index < -0.39 is 8.65 Å². The first-order valence-electron chi connectivity index (χ1n) is 5.31. The third kappa shape index (κ3) is 3.06. The molecule has 92 valence electrons. The molecule has 3 nitrogen and oxygen atoms in total. The molecule has 1 aliphatic rings. The number of methoxy groups -OCH3 is 1. The first kappa shape index (κ1) is 14.2. The van der Waals surface area contributed by atoms with Gasteiger partial charge in [0.25, 0.3) is 0 Å². The maximum Gasteiger partial charge on any atom is 0.305 e. The van der Waals surface area contributed by atoms with Crippen molar-refractivity contribution in [3.8, 4) is 0 Å². The first-order valence-corrected chi connectivity index (χ1v) is 6.90. The van der Waals surface area contributed by atoms with Crippen LogP contribution in [0.15, 0.2) is 0 Å². The average molecular weight is 356 g/mol. The molecule has 0 aromatic carbocycles. The van der Waals surface area contributed by atoms with E-state index in [0.29, 0.717) is 6.42 Å². The van der Waals surface area contributed by atoms with Crippen LogP contribution in [0.5, 0.6) is 0 Å². The van der Waals surface area contributed by atoms with Gasteiger partial charge in [0.15, 0.2) is 5.78 Å². The summed E-state index contributed by atoms with van der Waals surface area (Å²) in [5.41, 5.74) is 0. The molecule has 2 unspecified atom stereocenters. The second kappa shape index (κ2) is 5.17. The topological polar surface area (TPSA) is 43.4 Å². The largest absolute Gasteiger partial charge is 0.469 e. The van der Waals surface area contributed by atoms with Gasteiger partial charge >= 0.3 is 5.97 Å². The molecular weight excluding hydrogens is 340 g/mol. The van der Waals surface area contributed by atoms with Gasteiger partial charge in [0.1, 0.15) is 0 Å². The highest BCUT2D eigenvalue weighted by atomic mass is 79.9. The van der Waals surface area contributed by atoms with Crippen molar-refractivity contribution in [1.82, 2.24) is 0 Å². The van der Waals surface area contributed by atoms with Crippen molar-refractivity contribution in [3.05, 3.63) is 0 Å². The smallest absolute Gasteiger partial charge is 0.305 e. The highest BCUT2D eigenvalue weighted by Crippen LogP contribution is 2.44. The Kier molecular flexibility index (Phi) is 4.57. The quantitative estimate of drug-likeness (QED) is 0.577. The molecule has 0 aliphatic heterocycles. The zero-order valence-electron chi connectivity index (χ0n) is 9.52. The van der Waals surface area contributed by atoms with E-state index in [-0.39, 0.29) is 18.2 Å². The highest BCUT2D eigenvalue weighted by molar-refractivity contribution is 9.11. The molecule has 1 rings (SSSR count). The molecule has 0 aromatic rings. The van der Waals surface area contributed by atoms with Gasteiger partial charge in [-0.2, -0.15) is 0 Å². The third-order valence-electron chi connectivity index (χ3n) is 3.05. The first-order chi connectivity index (χ1) is 7.32. The van der Waals surface area contributed by atoms with E-state index in [1.165, 1.54) is 7.11 Å². The van der Waals surface area contributed by atoms with Crippen LogP contribution in [0.2, 0.25) is 0 Å². The molecule has 1 fully saturated rings. The maximum absolute atomic E-state index is 12.2. The van der Waals surface area contributed by atoms with Crippen molar-refractivity contribution >= 4 is 43.6 Å². The second-order valence-electron chi connectivity index (χ2n) is 4.42. The fraction of sp³-hybridized carbons (Fsp3) is 0.818. The minimum Gasteiger partial charge on any atom is -0.469 e. The molecular formula is C11H16Br2O3. The zero-order chi connectivity index (χ0) is 12.4. The zero-order valence-corrected chi connectivity index (χ0v) is 12.7. The Bertz CT molecular complexity index is 302. The van der Waals surface area contributed by atoms with Crippen molar-refractivity contribution in [3.63, 3.8) is 0 Å². The summed E-state index contributed by atoms with van der Waals surface area (Å²) in [4.78, 5) is 23.3. The Balaban J connectivity index is 2.68. The summed E-state index contributed by atoms with van der Waals surface area (Å²) in [6.45, 7) is 1.89. The number of esters is 1. The van der Waals surface area contributed by atoms with Crippen LogP contribution in [0.25, 0.3) is 0 Å². The molecule has 0 saturated heterocycles. The lowest BCUT2D eigenvalue weighted by Crippen LogP contribution is -2.48. The lowest BCUT2D eigenvalue weighted by molar-refractivity contribution is -0.141. The van der Waals surface area contributed by atoms with Gasteiger partial charge in [-0.05, 0) is 32.6 Å². The van der Waals surface area contributed by atoms with Crippen LogP contribution in [0, 0.1) is 0 Å². The molecule has 0 heterocycles. The molecule has 0 N–H and O–H groups in total. The lowest BCUT2D eigenvalue weighted by Gasteiger charge is -2.38. The molecule has 0 amide bonds. The summed E-state index contributed by atoms with van der Waals surface area (Å²) in [7, 11) is 1.36. The summed E-state index contributed by atoms with van der Waals surface area (Å²) >= 11 is 6.97. The minimum absolute atomic E-state index is 0.134. The summed E-state index contributed by atoms with van der Waals surface area (Å²) < 4.78 is 3.55. The number of rotatable bonds is 3. The van der Waals surface area contributed by atoms with E-state index in [0.717, 1.165) is 19.3 Å². The SMILES string of the molecule is COC(=O)CCC1(Br)CCCC(C)(Br)C1=O. The van der Waals surface area contributed by atoms with Gasteiger partial charge in [0.05, 0.1) is 15.8 Å². The van der Waals surface area contributed by atoms with Gasteiger partial charge in [0.2, 0.25) is 0 Å². The van der Waals surface area contributed by atoms with Crippen LogP contribution in [-0.4, -0.2) is 27.5 Å². The average Bonchev–Trinajstić information content (AvgIpc) is 2.23. The Morgan fingerprint density at radius 3 is 2.62 bits per heavy atom. The Hall–Kier alpha value is 0.1000. The number of hydrogen-bond donors (Lipinski definition) is 0. The van der Waals surface area contributed by atoms with Crippen molar-refractivity contribution in [1.29, 1.82) is 0 Å². The van der Waals surface area contributed by atoms with Gasteiger partial charge in [-0.15, -0.1) is 0 Å². The van der Waals surface area contributed by atoms with Crippen LogP contribution < -0.4 is 0 Å².